The summed E-state index contributed by atoms with van der Waals surface area (Å²) in [5, 5.41) is 4.15. The van der Waals surface area contributed by atoms with E-state index < -0.39 is 0 Å². The molecule has 88 valence electrons. The number of halogens is 1. The molecule has 0 spiro atoms. The Morgan fingerprint density at radius 3 is 2.88 bits per heavy atom. The zero-order valence-corrected chi connectivity index (χ0v) is 11.1. The number of carbonyl (C=O) groups is 1. The van der Waals surface area contributed by atoms with Crippen molar-refractivity contribution >= 4 is 21.9 Å². The predicted molar refractivity (Wildman–Crippen MR) is 67.3 cm³/mol. The highest BCUT2D eigenvalue weighted by Gasteiger charge is 2.10. The highest BCUT2D eigenvalue weighted by atomic mass is 79.9. The van der Waals surface area contributed by atoms with Crippen molar-refractivity contribution in [3.8, 4) is 5.69 Å². The number of esters is 1. The molecule has 2 rings (SSSR count). The Morgan fingerprint density at radius 2 is 2.24 bits per heavy atom. The van der Waals surface area contributed by atoms with Crippen LogP contribution in [0.15, 0.2) is 35.1 Å². The molecule has 0 fully saturated rings. The monoisotopic (exact) mass is 294 g/mol. The Balaban J connectivity index is 2.40. The van der Waals surface area contributed by atoms with Crippen LogP contribution in [0.2, 0.25) is 0 Å². The second kappa shape index (κ2) is 4.71. The van der Waals surface area contributed by atoms with Crippen molar-refractivity contribution in [2.75, 3.05) is 7.11 Å². The number of aromatic nitrogens is 2. The van der Waals surface area contributed by atoms with Crippen molar-refractivity contribution in [2.45, 2.75) is 6.92 Å². The fourth-order valence-corrected chi connectivity index (χ4v) is 2.03. The van der Waals surface area contributed by atoms with Crippen LogP contribution in [0.25, 0.3) is 5.69 Å². The molecule has 0 amide bonds. The summed E-state index contributed by atoms with van der Waals surface area (Å²) in [7, 11) is 1.35. The Kier molecular flexibility index (Phi) is 3.28. The topological polar surface area (TPSA) is 44.1 Å². The van der Waals surface area contributed by atoms with Crippen molar-refractivity contribution in [1.82, 2.24) is 9.78 Å². The number of hydrogen-bond donors (Lipinski definition) is 0. The van der Waals surface area contributed by atoms with Gasteiger partial charge in [-0.2, -0.15) is 5.10 Å². The maximum atomic E-state index is 11.3. The molecular formula is C12H11BrN2O2. The molecule has 0 aliphatic rings. The Morgan fingerprint density at radius 1 is 1.47 bits per heavy atom. The molecule has 1 aromatic carbocycles. The van der Waals surface area contributed by atoms with E-state index in [1.807, 2.05) is 25.1 Å². The highest BCUT2D eigenvalue weighted by Crippen LogP contribution is 2.19. The normalized spacial score (nSPS) is 10.3. The Labute approximate surface area is 107 Å². The van der Waals surface area contributed by atoms with E-state index in [1.165, 1.54) is 13.3 Å². The van der Waals surface area contributed by atoms with Crippen LogP contribution in [0, 0.1) is 6.92 Å². The zero-order valence-electron chi connectivity index (χ0n) is 9.48. The maximum Gasteiger partial charge on any atom is 0.341 e. The molecule has 2 aromatic rings. The van der Waals surface area contributed by atoms with Gasteiger partial charge in [-0.05, 0) is 30.7 Å². The van der Waals surface area contributed by atoms with E-state index in [-0.39, 0.29) is 5.97 Å². The summed E-state index contributed by atoms with van der Waals surface area (Å²) in [6.07, 6.45) is 3.15. The third kappa shape index (κ3) is 2.39. The van der Waals surface area contributed by atoms with Crippen LogP contribution in [-0.2, 0) is 4.74 Å². The first-order chi connectivity index (χ1) is 8.11. The average molecular weight is 295 g/mol. The van der Waals surface area contributed by atoms with E-state index in [1.54, 1.807) is 10.9 Å². The van der Waals surface area contributed by atoms with E-state index in [2.05, 4.69) is 25.8 Å². The van der Waals surface area contributed by atoms with Gasteiger partial charge in [0, 0.05) is 10.7 Å². The number of rotatable bonds is 2. The molecule has 5 heteroatoms. The summed E-state index contributed by atoms with van der Waals surface area (Å²) in [6, 6.07) is 5.87. The van der Waals surface area contributed by atoms with Gasteiger partial charge in [0.1, 0.15) is 0 Å². The minimum Gasteiger partial charge on any atom is -0.465 e. The van der Waals surface area contributed by atoms with Gasteiger partial charge in [0.2, 0.25) is 0 Å². The molecule has 0 aliphatic carbocycles. The molecule has 0 bridgehead atoms. The van der Waals surface area contributed by atoms with Gasteiger partial charge < -0.3 is 4.74 Å². The van der Waals surface area contributed by atoms with Gasteiger partial charge in [0.05, 0.1) is 24.6 Å². The summed E-state index contributed by atoms with van der Waals surface area (Å²) >= 11 is 3.40. The molecule has 17 heavy (non-hydrogen) atoms. The second-order valence-corrected chi connectivity index (χ2v) is 4.51. The quantitative estimate of drug-likeness (QED) is 0.800. The first-order valence-corrected chi connectivity index (χ1v) is 5.80. The predicted octanol–water partition coefficient (Wildman–Crippen LogP) is 2.73. The molecule has 0 aliphatic heterocycles. The lowest BCUT2D eigenvalue weighted by molar-refractivity contribution is 0.0600. The van der Waals surface area contributed by atoms with Crippen LogP contribution in [0.4, 0.5) is 0 Å². The van der Waals surface area contributed by atoms with Crippen molar-refractivity contribution in [1.29, 1.82) is 0 Å². The Hall–Kier alpha value is -1.62. The van der Waals surface area contributed by atoms with Crippen LogP contribution in [0.1, 0.15) is 15.9 Å². The molecule has 0 saturated heterocycles. The van der Waals surface area contributed by atoms with Crippen LogP contribution >= 0.6 is 15.9 Å². The average Bonchev–Trinajstić information content (AvgIpc) is 2.77. The number of methoxy groups -OCH3 is 1. The first kappa shape index (κ1) is 11.9. The van der Waals surface area contributed by atoms with E-state index in [0.717, 1.165) is 15.7 Å². The molecule has 0 atom stereocenters. The van der Waals surface area contributed by atoms with E-state index >= 15 is 0 Å². The third-order valence-electron chi connectivity index (χ3n) is 2.41. The fourth-order valence-electron chi connectivity index (χ4n) is 1.55. The molecule has 0 N–H and O–H groups in total. The van der Waals surface area contributed by atoms with Gasteiger partial charge >= 0.3 is 5.97 Å². The first-order valence-electron chi connectivity index (χ1n) is 5.01. The largest absolute Gasteiger partial charge is 0.465 e. The van der Waals surface area contributed by atoms with Crippen LogP contribution in [0.3, 0.4) is 0 Å². The summed E-state index contributed by atoms with van der Waals surface area (Å²) in [6.45, 7) is 1.99. The zero-order chi connectivity index (χ0) is 12.4. The second-order valence-electron chi connectivity index (χ2n) is 3.60. The van der Waals surface area contributed by atoms with E-state index in [0.29, 0.717) is 5.56 Å². The van der Waals surface area contributed by atoms with Gasteiger partial charge in [-0.15, -0.1) is 0 Å². The third-order valence-corrected chi connectivity index (χ3v) is 2.90. The minimum absolute atomic E-state index is 0.383. The highest BCUT2D eigenvalue weighted by molar-refractivity contribution is 9.10. The lowest BCUT2D eigenvalue weighted by Crippen LogP contribution is -2.00. The van der Waals surface area contributed by atoms with Crippen molar-refractivity contribution < 1.29 is 9.53 Å². The smallest absolute Gasteiger partial charge is 0.341 e. The SMILES string of the molecule is COC(=O)c1cnn(-c2ccc(Br)cc2C)c1. The number of nitrogens with zero attached hydrogens (tertiary/aromatic N) is 2. The van der Waals surface area contributed by atoms with E-state index in [4.69, 9.17) is 0 Å². The number of benzene rings is 1. The van der Waals surface area contributed by atoms with Gasteiger partial charge in [-0.25, -0.2) is 9.48 Å². The van der Waals surface area contributed by atoms with Crippen molar-refractivity contribution in [2.24, 2.45) is 0 Å². The van der Waals surface area contributed by atoms with Gasteiger partial charge in [-0.3, -0.25) is 0 Å². The summed E-state index contributed by atoms with van der Waals surface area (Å²) in [5.41, 5.74) is 2.44. The van der Waals surface area contributed by atoms with Crippen molar-refractivity contribution in [3.63, 3.8) is 0 Å². The van der Waals surface area contributed by atoms with Crippen LogP contribution in [-0.4, -0.2) is 22.9 Å². The van der Waals surface area contributed by atoms with E-state index in [9.17, 15) is 4.79 Å². The lowest BCUT2D eigenvalue weighted by Gasteiger charge is -2.05. The van der Waals surface area contributed by atoms with Gasteiger partial charge in [0.15, 0.2) is 0 Å². The fraction of sp³-hybridized carbons (Fsp3) is 0.167. The Bertz CT molecular complexity index is 563. The molecule has 0 saturated carbocycles. The molecule has 1 heterocycles. The minimum atomic E-state index is -0.383. The number of hydrogen-bond acceptors (Lipinski definition) is 3. The number of ether oxygens (including phenoxy) is 1. The summed E-state index contributed by atoms with van der Waals surface area (Å²) < 4.78 is 7.31. The number of carbonyl (C=O) groups excluding carboxylic acids is 1. The van der Waals surface area contributed by atoms with Crippen molar-refractivity contribution in [3.05, 3.63) is 46.2 Å². The standard InChI is InChI=1S/C12H11BrN2O2/c1-8-5-10(13)3-4-11(8)15-7-9(6-14-15)12(16)17-2/h3-7H,1-2H3. The van der Waals surface area contributed by atoms with Crippen LogP contribution < -0.4 is 0 Å². The van der Waals surface area contributed by atoms with Gasteiger partial charge in [-0.1, -0.05) is 15.9 Å². The molecule has 4 nitrogen and oxygen atoms in total. The molecule has 0 radical (unpaired) electrons. The lowest BCUT2D eigenvalue weighted by atomic mass is 10.2. The number of aryl methyl sites for hydroxylation is 1. The van der Waals surface area contributed by atoms with Crippen LogP contribution in [0.5, 0.6) is 0 Å². The summed E-state index contributed by atoms with van der Waals surface area (Å²) in [5.74, 6) is -0.383. The maximum absolute atomic E-state index is 11.3. The molecule has 1 aromatic heterocycles. The molecular weight excluding hydrogens is 284 g/mol. The molecule has 0 unspecified atom stereocenters. The van der Waals surface area contributed by atoms with Gasteiger partial charge in [0.25, 0.3) is 0 Å². The summed E-state index contributed by atoms with van der Waals surface area (Å²) in [4.78, 5) is 11.3.